The van der Waals surface area contributed by atoms with Crippen molar-refractivity contribution in [2.24, 2.45) is 0 Å². The highest BCUT2D eigenvalue weighted by molar-refractivity contribution is 6.15. The fourth-order valence-corrected chi connectivity index (χ4v) is 5.35. The molecule has 3 N–H and O–H groups in total. The van der Waals surface area contributed by atoms with Crippen LogP contribution in [0.25, 0.3) is 5.76 Å². The summed E-state index contributed by atoms with van der Waals surface area (Å²) in [6.45, 7) is 12.3. The summed E-state index contributed by atoms with van der Waals surface area (Å²) in [7, 11) is 0. The molecule has 1 aliphatic heterocycles. The van der Waals surface area contributed by atoms with Gasteiger partial charge in [-0.1, -0.05) is 12.7 Å². The van der Waals surface area contributed by atoms with Crippen molar-refractivity contribution in [2.45, 2.75) is 83.6 Å². The minimum atomic E-state index is -1.03. The zero-order chi connectivity index (χ0) is 32.2. The topological polar surface area (TPSA) is 77.8 Å². The monoisotopic (exact) mass is 615 g/mol. The summed E-state index contributed by atoms with van der Waals surface area (Å²) in [4.78, 5) is 1.09. The van der Waals surface area contributed by atoms with Crippen LogP contribution >= 0.6 is 0 Å². The van der Waals surface area contributed by atoms with Crippen LogP contribution < -0.4 is 10.2 Å². The molecule has 1 unspecified atom stereocenters. The summed E-state index contributed by atoms with van der Waals surface area (Å²) in [5.41, 5.74) is -0.944. The lowest BCUT2D eigenvalue weighted by molar-refractivity contribution is -0.0204. The van der Waals surface area contributed by atoms with E-state index in [2.05, 4.69) is 11.9 Å². The number of benzene rings is 2. The molecule has 2 aliphatic rings. The summed E-state index contributed by atoms with van der Waals surface area (Å²) < 4.78 is 70.9. The van der Waals surface area contributed by atoms with Crippen LogP contribution in [-0.4, -0.2) is 47.9 Å². The summed E-state index contributed by atoms with van der Waals surface area (Å²) in [5.74, 6) is -4.14. The number of halogens is 4. The van der Waals surface area contributed by atoms with E-state index >= 15 is 8.78 Å². The van der Waals surface area contributed by atoms with Gasteiger partial charge >= 0.3 is 0 Å². The van der Waals surface area contributed by atoms with Crippen LogP contribution in [0.1, 0.15) is 64.5 Å². The number of ether oxygens (including phenoxy) is 2. The molecule has 0 amide bonds. The highest BCUT2D eigenvalue weighted by Gasteiger charge is 2.31. The molecule has 238 valence electrons. The van der Waals surface area contributed by atoms with Crippen LogP contribution in [-0.2, 0) is 15.9 Å². The molecule has 2 aromatic carbocycles. The standard InChI is InChI=1S/C34H41F4N3O3/c1-20-10-12-26(32(42)25-13-11-23(35)18-27(25)36)33(39)41(20)31-28(37)16-22(17-29(31)38)14-15-40-30(19-43-34(3,4)5)21(2)44-24-8-6-7-9-24/h10-13,16-18,20,24,30,39-40,42H,2,6-9,14-15,19H2,1,3-5H3/t20?,30-/m0/s1. The zero-order valence-electron chi connectivity index (χ0n) is 25.7. The lowest BCUT2D eigenvalue weighted by Gasteiger charge is -2.34. The predicted molar refractivity (Wildman–Crippen MR) is 165 cm³/mol. The Morgan fingerprint density at radius 3 is 2.36 bits per heavy atom. The van der Waals surface area contributed by atoms with Gasteiger partial charge in [0.2, 0.25) is 0 Å². The number of nitrogens with one attached hydrogen (secondary N) is 2. The third kappa shape index (κ3) is 8.09. The molecule has 4 rings (SSSR count). The van der Waals surface area contributed by atoms with E-state index in [0.29, 0.717) is 37.0 Å². The Hall–Kier alpha value is -3.63. The first-order valence-corrected chi connectivity index (χ1v) is 14.9. The van der Waals surface area contributed by atoms with Crippen molar-refractivity contribution in [1.29, 1.82) is 5.41 Å². The SMILES string of the molecule is C=C(OC1CCCC1)[C@H](COC(C)(C)C)NCCc1cc(F)c(N2C(=N)C(=C(O)c3ccc(F)cc3F)C=CC2C)c(F)c1. The van der Waals surface area contributed by atoms with Gasteiger partial charge in [0, 0.05) is 6.07 Å². The van der Waals surface area contributed by atoms with E-state index in [9.17, 15) is 13.9 Å². The molecule has 2 aromatic rings. The van der Waals surface area contributed by atoms with E-state index in [1.54, 1.807) is 6.92 Å². The maximum absolute atomic E-state index is 15.5. The fraction of sp³-hybridized carbons (Fsp3) is 0.441. The molecule has 1 saturated carbocycles. The van der Waals surface area contributed by atoms with E-state index in [1.807, 2.05) is 20.8 Å². The first kappa shape index (κ1) is 33.3. The molecule has 1 fully saturated rings. The number of hydrogen-bond acceptors (Lipinski definition) is 5. The van der Waals surface area contributed by atoms with E-state index in [4.69, 9.17) is 14.9 Å². The largest absolute Gasteiger partial charge is 0.506 e. The lowest BCUT2D eigenvalue weighted by atomic mass is 9.99. The molecule has 0 spiro atoms. The lowest BCUT2D eigenvalue weighted by Crippen LogP contribution is -2.42. The summed E-state index contributed by atoms with van der Waals surface area (Å²) in [6, 6.07) is 4.08. The molecule has 1 aliphatic carbocycles. The average molecular weight is 616 g/mol. The molecule has 10 heteroatoms. The van der Waals surface area contributed by atoms with Crippen molar-refractivity contribution < 1.29 is 32.1 Å². The van der Waals surface area contributed by atoms with E-state index in [1.165, 1.54) is 24.3 Å². The zero-order valence-corrected chi connectivity index (χ0v) is 25.7. The van der Waals surface area contributed by atoms with Crippen molar-refractivity contribution in [3.63, 3.8) is 0 Å². The van der Waals surface area contributed by atoms with Crippen molar-refractivity contribution in [3.05, 3.63) is 94.8 Å². The van der Waals surface area contributed by atoms with Gasteiger partial charge in [-0.15, -0.1) is 0 Å². The first-order chi connectivity index (χ1) is 20.7. The van der Waals surface area contributed by atoms with Crippen LogP contribution in [0.3, 0.4) is 0 Å². The van der Waals surface area contributed by atoms with Crippen molar-refractivity contribution in [3.8, 4) is 0 Å². The molecule has 2 atom stereocenters. The highest BCUT2D eigenvalue weighted by atomic mass is 19.1. The second-order valence-corrected chi connectivity index (χ2v) is 12.3. The van der Waals surface area contributed by atoms with Crippen LogP contribution in [0.4, 0.5) is 23.2 Å². The minimum Gasteiger partial charge on any atom is -0.506 e. The Morgan fingerprint density at radius 2 is 1.75 bits per heavy atom. The van der Waals surface area contributed by atoms with Gasteiger partial charge in [-0.3, -0.25) is 5.41 Å². The Labute approximate surface area is 256 Å². The molecule has 0 aromatic heterocycles. The fourth-order valence-electron chi connectivity index (χ4n) is 5.35. The van der Waals surface area contributed by atoms with E-state index < -0.39 is 46.6 Å². The molecular weight excluding hydrogens is 574 g/mol. The van der Waals surface area contributed by atoms with Crippen molar-refractivity contribution in [1.82, 2.24) is 5.32 Å². The second kappa shape index (κ2) is 14.0. The summed E-state index contributed by atoms with van der Waals surface area (Å²) in [6.07, 6.45) is 7.55. The van der Waals surface area contributed by atoms with Gasteiger partial charge < -0.3 is 24.8 Å². The number of aliphatic hydroxyl groups excluding tert-OH is 1. The second-order valence-electron chi connectivity index (χ2n) is 12.3. The Bertz CT molecular complexity index is 1420. The Kier molecular flexibility index (Phi) is 10.6. The van der Waals surface area contributed by atoms with Crippen molar-refractivity contribution in [2.75, 3.05) is 18.1 Å². The molecule has 0 radical (unpaired) electrons. The Balaban J connectivity index is 1.49. The molecule has 0 saturated heterocycles. The summed E-state index contributed by atoms with van der Waals surface area (Å²) in [5, 5.41) is 22.8. The Morgan fingerprint density at radius 1 is 1.09 bits per heavy atom. The third-order valence-corrected chi connectivity index (χ3v) is 7.70. The smallest absolute Gasteiger partial charge is 0.150 e. The highest BCUT2D eigenvalue weighted by Crippen LogP contribution is 2.33. The maximum atomic E-state index is 15.5. The van der Waals surface area contributed by atoms with Crippen LogP contribution in [0.15, 0.2) is 60.4 Å². The number of amidine groups is 1. The van der Waals surface area contributed by atoms with Gasteiger partial charge in [0.15, 0.2) is 0 Å². The van der Waals surface area contributed by atoms with Crippen LogP contribution in [0.5, 0.6) is 0 Å². The van der Waals surface area contributed by atoms with E-state index in [0.717, 1.165) is 42.7 Å². The number of anilines is 1. The van der Waals surface area contributed by atoms with Crippen molar-refractivity contribution >= 4 is 17.3 Å². The van der Waals surface area contributed by atoms with Crippen LogP contribution in [0.2, 0.25) is 0 Å². The maximum Gasteiger partial charge on any atom is 0.150 e. The number of nitrogens with zero attached hydrogens (tertiary/aromatic N) is 1. The number of hydrogen-bond donors (Lipinski definition) is 3. The van der Waals surface area contributed by atoms with Crippen LogP contribution in [0, 0.1) is 28.7 Å². The van der Waals surface area contributed by atoms with E-state index in [-0.39, 0.29) is 28.9 Å². The van der Waals surface area contributed by atoms with Gasteiger partial charge in [-0.25, -0.2) is 17.6 Å². The normalized spacial score (nSPS) is 19.4. The van der Waals surface area contributed by atoms with Gasteiger partial charge in [-0.05, 0) is 102 Å². The molecular formula is C34H41F4N3O3. The first-order valence-electron chi connectivity index (χ1n) is 14.9. The molecule has 44 heavy (non-hydrogen) atoms. The van der Waals surface area contributed by atoms with Gasteiger partial charge in [0.1, 0.15) is 46.3 Å². The molecule has 1 heterocycles. The molecule has 0 bridgehead atoms. The predicted octanol–water partition coefficient (Wildman–Crippen LogP) is 7.74. The van der Waals surface area contributed by atoms with Gasteiger partial charge in [0.25, 0.3) is 0 Å². The minimum absolute atomic E-state index is 0.134. The molecule has 6 nitrogen and oxygen atoms in total. The summed E-state index contributed by atoms with van der Waals surface area (Å²) >= 11 is 0. The number of rotatable bonds is 11. The number of aliphatic hydroxyl groups is 1. The van der Waals surface area contributed by atoms with Gasteiger partial charge in [-0.2, -0.15) is 0 Å². The average Bonchev–Trinajstić information content (AvgIpc) is 3.44. The third-order valence-electron chi connectivity index (χ3n) is 7.70. The van der Waals surface area contributed by atoms with Gasteiger partial charge in [0.05, 0.1) is 41.5 Å². The quantitative estimate of drug-likeness (QED) is 0.178.